The van der Waals surface area contributed by atoms with Gasteiger partial charge in [0.05, 0.1) is 23.4 Å². The molecule has 2 aliphatic heterocycles. The van der Waals surface area contributed by atoms with Crippen molar-refractivity contribution >= 4 is 33.3 Å². The zero-order valence-corrected chi connectivity index (χ0v) is 20.6. The van der Waals surface area contributed by atoms with Crippen molar-refractivity contribution in [1.29, 1.82) is 0 Å². The molecule has 2 aliphatic rings. The Hall–Kier alpha value is -3.75. The van der Waals surface area contributed by atoms with Crippen LogP contribution in [0.2, 0.25) is 0 Å². The maximum absolute atomic E-state index is 12.2. The molecule has 0 atom stereocenters. The third-order valence-electron chi connectivity index (χ3n) is 6.76. The Morgan fingerprint density at radius 1 is 1.03 bits per heavy atom. The molecule has 1 saturated heterocycles. The Balaban J connectivity index is 1.44. The van der Waals surface area contributed by atoms with Crippen molar-refractivity contribution in [2.24, 2.45) is 0 Å². The van der Waals surface area contributed by atoms with Gasteiger partial charge < -0.3 is 19.6 Å². The number of fused-ring (bicyclic) bond motifs is 2. The average molecular weight is 499 g/mol. The maximum Gasteiger partial charge on any atom is 0.246 e. The highest BCUT2D eigenvalue weighted by Crippen LogP contribution is 2.40. The molecule has 6 rings (SSSR count). The predicted octanol–water partition coefficient (Wildman–Crippen LogP) is 4.64. The standard InChI is InChI=1S/C28H26N4O3S/c1-2-25(34)32-9-8-18-6-7-19(14-21(18)17-32)24-16-23-26(36-24)28(31-10-12-35-13-11-31)30-27(29-23)20-4-3-5-22(33)15-20/h2-7,14-16,33H,1,8-13,17H2. The fourth-order valence-corrected chi connectivity index (χ4v) is 5.96. The minimum Gasteiger partial charge on any atom is -0.508 e. The molecule has 4 aromatic rings. The molecule has 0 radical (unpaired) electrons. The molecule has 7 nitrogen and oxygen atoms in total. The second kappa shape index (κ2) is 9.37. The number of carbonyl (C=O) groups is 1. The minimum absolute atomic E-state index is 0.0298. The second-order valence-corrected chi connectivity index (χ2v) is 10.1. The fourth-order valence-electron chi connectivity index (χ4n) is 4.85. The summed E-state index contributed by atoms with van der Waals surface area (Å²) in [6.07, 6.45) is 2.23. The summed E-state index contributed by atoms with van der Waals surface area (Å²) in [6, 6.07) is 15.7. The van der Waals surface area contributed by atoms with Gasteiger partial charge in [-0.1, -0.05) is 30.8 Å². The number of rotatable bonds is 4. The summed E-state index contributed by atoms with van der Waals surface area (Å²) in [7, 11) is 0. The second-order valence-electron chi connectivity index (χ2n) is 9.04. The van der Waals surface area contributed by atoms with Gasteiger partial charge in [0.2, 0.25) is 5.91 Å². The Morgan fingerprint density at radius 3 is 2.69 bits per heavy atom. The van der Waals surface area contributed by atoms with Crippen LogP contribution in [0.5, 0.6) is 5.75 Å². The van der Waals surface area contributed by atoms with E-state index in [1.54, 1.807) is 29.5 Å². The van der Waals surface area contributed by atoms with Gasteiger partial charge in [-0.05, 0) is 53.5 Å². The van der Waals surface area contributed by atoms with Gasteiger partial charge in [0.25, 0.3) is 0 Å². The zero-order chi connectivity index (χ0) is 24.6. The van der Waals surface area contributed by atoms with Crippen LogP contribution < -0.4 is 4.90 Å². The molecule has 0 spiro atoms. The number of ether oxygens (including phenoxy) is 1. The molecule has 0 saturated carbocycles. The van der Waals surface area contributed by atoms with E-state index in [2.05, 4.69) is 35.7 Å². The van der Waals surface area contributed by atoms with Gasteiger partial charge in [0.1, 0.15) is 5.75 Å². The highest BCUT2D eigenvalue weighted by atomic mass is 32.1. The maximum atomic E-state index is 12.2. The topological polar surface area (TPSA) is 78.8 Å². The lowest BCUT2D eigenvalue weighted by Gasteiger charge is -2.28. The van der Waals surface area contributed by atoms with Crippen LogP contribution >= 0.6 is 11.3 Å². The molecule has 0 bridgehead atoms. The van der Waals surface area contributed by atoms with E-state index in [0.717, 1.165) is 58.1 Å². The average Bonchev–Trinajstić information content (AvgIpc) is 3.36. The van der Waals surface area contributed by atoms with Gasteiger partial charge in [0.15, 0.2) is 11.6 Å². The number of phenols is 1. The molecule has 0 unspecified atom stereocenters. The largest absolute Gasteiger partial charge is 0.508 e. The van der Waals surface area contributed by atoms with E-state index in [1.807, 2.05) is 11.0 Å². The van der Waals surface area contributed by atoms with Gasteiger partial charge in [-0.2, -0.15) is 0 Å². The van der Waals surface area contributed by atoms with Gasteiger partial charge in [-0.15, -0.1) is 11.3 Å². The molecule has 4 heterocycles. The Morgan fingerprint density at radius 2 is 1.89 bits per heavy atom. The number of nitrogens with zero attached hydrogens (tertiary/aromatic N) is 4. The lowest BCUT2D eigenvalue weighted by Crippen LogP contribution is -2.36. The van der Waals surface area contributed by atoms with Gasteiger partial charge in [-0.3, -0.25) is 4.79 Å². The van der Waals surface area contributed by atoms with Gasteiger partial charge >= 0.3 is 0 Å². The summed E-state index contributed by atoms with van der Waals surface area (Å²) in [6.45, 7) is 7.81. The van der Waals surface area contributed by atoms with Crippen LogP contribution in [-0.2, 0) is 22.5 Å². The molecule has 36 heavy (non-hydrogen) atoms. The van der Waals surface area contributed by atoms with Crippen LogP contribution in [0, 0.1) is 0 Å². The summed E-state index contributed by atoms with van der Waals surface area (Å²) >= 11 is 1.69. The first-order valence-corrected chi connectivity index (χ1v) is 12.9. The first-order chi connectivity index (χ1) is 17.6. The van der Waals surface area contributed by atoms with Crippen LogP contribution in [-0.4, -0.2) is 58.7 Å². The quantitative estimate of drug-likeness (QED) is 0.413. The van der Waals surface area contributed by atoms with Gasteiger partial charge in [0, 0.05) is 36.6 Å². The number of amides is 1. The number of phenolic OH excluding ortho intramolecular Hbond substituents is 1. The highest BCUT2D eigenvalue weighted by Gasteiger charge is 2.22. The Kier molecular flexibility index (Phi) is 5.91. The monoisotopic (exact) mass is 498 g/mol. The normalized spacial score (nSPS) is 15.7. The first-order valence-electron chi connectivity index (χ1n) is 12.1. The molecule has 1 fully saturated rings. The first kappa shape index (κ1) is 22.7. The van der Waals surface area contributed by atoms with Crippen molar-refractivity contribution in [1.82, 2.24) is 14.9 Å². The van der Waals surface area contributed by atoms with E-state index in [1.165, 1.54) is 17.2 Å². The van der Waals surface area contributed by atoms with Crippen LogP contribution in [0.25, 0.3) is 32.0 Å². The number of anilines is 1. The van der Waals surface area contributed by atoms with Crippen LogP contribution in [0.3, 0.4) is 0 Å². The predicted molar refractivity (Wildman–Crippen MR) is 142 cm³/mol. The SMILES string of the molecule is C=CC(=O)N1CCc2ccc(-c3cc4nc(-c5cccc(O)c5)nc(N5CCOCC5)c4s3)cc2C1. The molecular weight excluding hydrogens is 472 g/mol. The summed E-state index contributed by atoms with van der Waals surface area (Å²) in [5, 5.41) is 10.0. The summed E-state index contributed by atoms with van der Waals surface area (Å²) in [4.78, 5) is 27.2. The molecular formula is C28H26N4O3S. The van der Waals surface area contributed by atoms with Crippen LogP contribution in [0.15, 0.2) is 61.2 Å². The number of aromatic nitrogens is 2. The van der Waals surface area contributed by atoms with Crippen molar-refractivity contribution in [3.63, 3.8) is 0 Å². The van der Waals surface area contributed by atoms with Crippen molar-refractivity contribution in [3.05, 3.63) is 72.3 Å². The number of thiophene rings is 1. The van der Waals surface area contributed by atoms with E-state index in [-0.39, 0.29) is 11.7 Å². The summed E-state index contributed by atoms with van der Waals surface area (Å²) in [5.41, 5.74) is 5.22. The third-order valence-corrected chi connectivity index (χ3v) is 7.93. The molecule has 1 N–H and O–H groups in total. The van der Waals surface area contributed by atoms with E-state index >= 15 is 0 Å². The molecule has 2 aromatic carbocycles. The molecule has 2 aromatic heterocycles. The minimum atomic E-state index is -0.0298. The van der Waals surface area contributed by atoms with E-state index in [0.29, 0.717) is 25.6 Å². The zero-order valence-electron chi connectivity index (χ0n) is 19.8. The van der Waals surface area contributed by atoms with Crippen molar-refractivity contribution in [3.8, 4) is 27.6 Å². The Labute approximate surface area is 213 Å². The molecule has 182 valence electrons. The number of benzene rings is 2. The van der Waals surface area contributed by atoms with E-state index in [9.17, 15) is 9.90 Å². The van der Waals surface area contributed by atoms with Crippen molar-refractivity contribution in [2.45, 2.75) is 13.0 Å². The number of aromatic hydroxyl groups is 1. The third kappa shape index (κ3) is 4.23. The lowest BCUT2D eigenvalue weighted by atomic mass is 9.97. The number of morpholine rings is 1. The number of hydrogen-bond donors (Lipinski definition) is 1. The van der Waals surface area contributed by atoms with Gasteiger partial charge in [-0.25, -0.2) is 9.97 Å². The number of hydrogen-bond acceptors (Lipinski definition) is 7. The Bertz CT molecular complexity index is 1480. The number of carbonyl (C=O) groups excluding carboxylic acids is 1. The molecule has 0 aliphatic carbocycles. The molecule has 8 heteroatoms. The van der Waals surface area contributed by atoms with E-state index in [4.69, 9.17) is 14.7 Å². The highest BCUT2D eigenvalue weighted by molar-refractivity contribution is 7.22. The molecule has 1 amide bonds. The van der Waals surface area contributed by atoms with Crippen molar-refractivity contribution < 1.29 is 14.6 Å². The fraction of sp³-hybridized carbons (Fsp3) is 0.250. The summed E-state index contributed by atoms with van der Waals surface area (Å²) < 4.78 is 6.61. The lowest BCUT2D eigenvalue weighted by molar-refractivity contribution is -0.126. The van der Waals surface area contributed by atoms with E-state index < -0.39 is 0 Å². The van der Waals surface area contributed by atoms with Crippen LogP contribution in [0.1, 0.15) is 11.1 Å². The summed E-state index contributed by atoms with van der Waals surface area (Å²) in [5.74, 6) is 1.65. The van der Waals surface area contributed by atoms with Crippen LogP contribution in [0.4, 0.5) is 5.82 Å². The van der Waals surface area contributed by atoms with Crippen molar-refractivity contribution in [2.75, 3.05) is 37.7 Å². The smallest absolute Gasteiger partial charge is 0.246 e.